The molecule has 0 aliphatic carbocycles. The minimum atomic E-state index is -3.46. The molecule has 1 fully saturated rings. The second kappa shape index (κ2) is 17.2. The maximum atomic E-state index is 13.5. The number of hydrogen-bond acceptors (Lipinski definition) is 10. The molecule has 0 atom stereocenters. The summed E-state index contributed by atoms with van der Waals surface area (Å²) in [6.45, 7) is 4.10. The molecule has 6 rings (SSSR count). The molecule has 1 aliphatic heterocycles. The number of anilines is 3. The molecular formula is C39H37N5O7S2. The SMILES string of the molecule is O=C(O)c1cccc(-c2ccccc2CN2CCN(c3ccc(C(=O)N(c4ccc(NCCSc5ccccc5)c([N+](=O)[O-])c4)[SH](=O)=O)cc3)CC2)c1. The number of nitrogens with zero attached hydrogens (tertiary/aromatic N) is 4. The van der Waals surface area contributed by atoms with Crippen LogP contribution in [0.2, 0.25) is 0 Å². The number of carboxylic acid groups (broad SMARTS) is 1. The van der Waals surface area contributed by atoms with Crippen molar-refractivity contribution in [2.75, 3.05) is 53.0 Å². The number of carbonyl (C=O) groups is 2. The number of carbonyl (C=O) groups excluding carboxylic acids is 1. The smallest absolute Gasteiger partial charge is 0.335 e. The number of amides is 1. The van der Waals surface area contributed by atoms with Crippen molar-refractivity contribution in [2.24, 2.45) is 0 Å². The molecule has 12 nitrogen and oxygen atoms in total. The summed E-state index contributed by atoms with van der Waals surface area (Å²) in [5.41, 5.74) is 3.93. The van der Waals surface area contributed by atoms with Crippen LogP contribution in [0.4, 0.5) is 22.7 Å². The molecule has 0 aromatic heterocycles. The first-order valence-corrected chi connectivity index (χ1v) is 19.0. The van der Waals surface area contributed by atoms with Crippen molar-refractivity contribution in [3.8, 4) is 11.1 Å². The molecule has 0 radical (unpaired) electrons. The van der Waals surface area contributed by atoms with E-state index < -0.39 is 27.7 Å². The van der Waals surface area contributed by atoms with Crippen LogP contribution in [0.1, 0.15) is 26.3 Å². The lowest BCUT2D eigenvalue weighted by molar-refractivity contribution is -0.383. The molecule has 1 heterocycles. The van der Waals surface area contributed by atoms with Crippen molar-refractivity contribution in [2.45, 2.75) is 11.4 Å². The van der Waals surface area contributed by atoms with Gasteiger partial charge < -0.3 is 15.3 Å². The average Bonchev–Trinajstić information content (AvgIpc) is 3.17. The van der Waals surface area contributed by atoms with Gasteiger partial charge in [0, 0.05) is 67.2 Å². The zero-order valence-electron chi connectivity index (χ0n) is 28.5. The van der Waals surface area contributed by atoms with E-state index in [4.69, 9.17) is 0 Å². The van der Waals surface area contributed by atoms with Gasteiger partial charge in [0.1, 0.15) is 5.69 Å². The van der Waals surface area contributed by atoms with E-state index in [-0.39, 0.29) is 28.2 Å². The molecule has 0 spiro atoms. The third-order valence-corrected chi connectivity index (χ3v) is 10.6. The number of piperazine rings is 1. The minimum Gasteiger partial charge on any atom is -0.478 e. The molecular weight excluding hydrogens is 715 g/mol. The van der Waals surface area contributed by atoms with Gasteiger partial charge in [-0.2, -0.15) is 0 Å². The summed E-state index contributed by atoms with van der Waals surface area (Å²) in [5, 5.41) is 24.4. The number of carboxylic acids is 1. The number of nitrogens with one attached hydrogen (secondary N) is 1. The van der Waals surface area contributed by atoms with Crippen LogP contribution in [0, 0.1) is 10.1 Å². The quantitative estimate of drug-likeness (QED) is 0.0367. The predicted octanol–water partition coefficient (Wildman–Crippen LogP) is 6.66. The molecule has 1 saturated heterocycles. The Bertz CT molecular complexity index is 2170. The fourth-order valence-electron chi connectivity index (χ4n) is 6.21. The monoisotopic (exact) mass is 751 g/mol. The first-order chi connectivity index (χ1) is 25.7. The summed E-state index contributed by atoms with van der Waals surface area (Å²) in [7, 11) is -3.46. The van der Waals surface area contributed by atoms with Crippen LogP contribution in [0.25, 0.3) is 11.1 Å². The van der Waals surface area contributed by atoms with Crippen molar-refractivity contribution < 1.29 is 28.0 Å². The molecule has 53 heavy (non-hydrogen) atoms. The average molecular weight is 752 g/mol. The van der Waals surface area contributed by atoms with E-state index in [2.05, 4.69) is 21.2 Å². The second-order valence-corrected chi connectivity index (χ2v) is 14.3. The van der Waals surface area contributed by atoms with Crippen molar-refractivity contribution >= 4 is 57.3 Å². The highest BCUT2D eigenvalue weighted by Gasteiger charge is 2.25. The molecule has 1 aliphatic rings. The summed E-state index contributed by atoms with van der Waals surface area (Å²) < 4.78 is 25.3. The predicted molar refractivity (Wildman–Crippen MR) is 209 cm³/mol. The van der Waals surface area contributed by atoms with Crippen LogP contribution < -0.4 is 14.5 Å². The Balaban J connectivity index is 1.08. The van der Waals surface area contributed by atoms with Crippen LogP contribution in [0.3, 0.4) is 0 Å². The summed E-state index contributed by atoms with van der Waals surface area (Å²) in [4.78, 5) is 41.9. The van der Waals surface area contributed by atoms with Gasteiger partial charge in [0.25, 0.3) is 11.6 Å². The molecule has 272 valence electrons. The van der Waals surface area contributed by atoms with Crippen LogP contribution in [-0.4, -0.2) is 73.7 Å². The zero-order valence-corrected chi connectivity index (χ0v) is 30.2. The number of aromatic carboxylic acids is 1. The van der Waals surface area contributed by atoms with E-state index >= 15 is 0 Å². The van der Waals surface area contributed by atoms with Crippen LogP contribution in [0.5, 0.6) is 0 Å². The lowest BCUT2D eigenvalue weighted by Gasteiger charge is -2.36. The highest BCUT2D eigenvalue weighted by Crippen LogP contribution is 2.32. The summed E-state index contributed by atoms with van der Waals surface area (Å²) in [6, 6.07) is 35.2. The van der Waals surface area contributed by atoms with E-state index in [1.807, 2.05) is 54.6 Å². The summed E-state index contributed by atoms with van der Waals surface area (Å²) in [5.74, 6) is -1.14. The van der Waals surface area contributed by atoms with Crippen LogP contribution in [0.15, 0.2) is 126 Å². The molecule has 0 bridgehead atoms. The molecule has 5 aromatic carbocycles. The molecule has 14 heteroatoms. The Kier molecular flexibility index (Phi) is 12.0. The van der Waals surface area contributed by atoms with Crippen molar-refractivity contribution in [1.29, 1.82) is 0 Å². The normalized spacial score (nSPS) is 13.1. The van der Waals surface area contributed by atoms with Gasteiger partial charge in [0.15, 0.2) is 0 Å². The Morgan fingerprint density at radius 3 is 2.25 bits per heavy atom. The van der Waals surface area contributed by atoms with Crippen molar-refractivity contribution in [3.05, 3.63) is 148 Å². The van der Waals surface area contributed by atoms with Crippen LogP contribution >= 0.6 is 11.8 Å². The Labute approximate surface area is 312 Å². The fourth-order valence-corrected chi connectivity index (χ4v) is 7.58. The third kappa shape index (κ3) is 9.21. The molecule has 2 N–H and O–H groups in total. The Morgan fingerprint density at radius 1 is 0.830 bits per heavy atom. The van der Waals surface area contributed by atoms with E-state index in [9.17, 15) is 33.2 Å². The number of rotatable bonds is 14. The maximum absolute atomic E-state index is 13.5. The Morgan fingerprint density at radius 2 is 1.55 bits per heavy atom. The number of thioether (sulfide) groups is 1. The van der Waals surface area contributed by atoms with Gasteiger partial charge in [-0.3, -0.25) is 19.8 Å². The van der Waals surface area contributed by atoms with Gasteiger partial charge in [0.2, 0.25) is 10.9 Å². The van der Waals surface area contributed by atoms with Gasteiger partial charge in [-0.05, 0) is 77.4 Å². The first kappa shape index (κ1) is 37.1. The number of nitro groups is 1. The zero-order chi connectivity index (χ0) is 37.3. The van der Waals surface area contributed by atoms with E-state index in [0.29, 0.717) is 23.1 Å². The Hall–Kier alpha value is -5.70. The van der Waals surface area contributed by atoms with Gasteiger partial charge in [0.05, 0.1) is 16.2 Å². The summed E-state index contributed by atoms with van der Waals surface area (Å²) in [6.07, 6.45) is 0. The summed E-state index contributed by atoms with van der Waals surface area (Å²) >= 11 is 1.59. The van der Waals surface area contributed by atoms with Gasteiger partial charge in [-0.1, -0.05) is 54.6 Å². The second-order valence-electron chi connectivity index (χ2n) is 12.3. The fraction of sp³-hybridized carbons (Fsp3) is 0.179. The highest BCUT2D eigenvalue weighted by molar-refractivity contribution is 7.99. The van der Waals surface area contributed by atoms with Crippen LogP contribution in [-0.2, 0) is 17.4 Å². The maximum Gasteiger partial charge on any atom is 0.335 e. The van der Waals surface area contributed by atoms with E-state index in [1.54, 1.807) is 54.2 Å². The molecule has 1 amide bonds. The number of benzene rings is 5. The third-order valence-electron chi connectivity index (χ3n) is 8.89. The molecule has 0 unspecified atom stereocenters. The number of thiol groups is 1. The largest absolute Gasteiger partial charge is 0.478 e. The molecule has 5 aromatic rings. The van der Waals surface area contributed by atoms with E-state index in [0.717, 1.165) is 59.5 Å². The minimum absolute atomic E-state index is 0.123. The highest BCUT2D eigenvalue weighted by atomic mass is 32.2. The van der Waals surface area contributed by atoms with Crippen molar-refractivity contribution in [1.82, 2.24) is 4.90 Å². The standard InChI is InChI=1S/C39H37N5O7S2/c45-38(43(53(50)51)33-17-18-36(37(26-33)44(48)49)40-19-24-52-34-10-2-1-3-11-34)28-13-15-32(16-14-28)42-22-20-41(21-23-42)27-31-7-4-5-12-35(31)29-8-6-9-30(25-29)39(46)47/h1-18,25-26,40,53H,19-24,27H2,(H,46,47). The number of hydrogen-bond donors (Lipinski definition) is 3. The topological polar surface area (TPSA) is 153 Å². The lowest BCUT2D eigenvalue weighted by Crippen LogP contribution is -2.46. The van der Waals surface area contributed by atoms with Gasteiger partial charge >= 0.3 is 5.97 Å². The van der Waals surface area contributed by atoms with E-state index in [1.165, 1.54) is 12.1 Å². The van der Waals surface area contributed by atoms with Gasteiger partial charge in [-0.15, -0.1) is 11.8 Å². The van der Waals surface area contributed by atoms with Crippen molar-refractivity contribution in [3.63, 3.8) is 0 Å². The first-order valence-electron chi connectivity index (χ1n) is 16.9. The lowest BCUT2D eigenvalue weighted by atomic mass is 9.97. The molecule has 0 saturated carbocycles. The van der Waals surface area contributed by atoms with Gasteiger partial charge in [-0.25, -0.2) is 17.5 Å². The number of nitro benzene ring substituents is 1.